The molecule has 1 heterocycles. The molecule has 0 spiro atoms. The van der Waals surface area contributed by atoms with E-state index in [1.807, 2.05) is 13.8 Å². The van der Waals surface area contributed by atoms with Gasteiger partial charge in [-0.3, -0.25) is 0 Å². The average Bonchev–Trinajstić information content (AvgIpc) is 2.48. The average molecular weight is 361 g/mol. The molecule has 0 aliphatic heterocycles. The lowest BCUT2D eigenvalue weighted by Gasteiger charge is -2.16. The Morgan fingerprint density at radius 3 is 2.26 bits per heavy atom. The van der Waals surface area contributed by atoms with Crippen molar-refractivity contribution in [2.75, 3.05) is 6.26 Å². The monoisotopic (exact) mass is 360 g/mol. The Kier molecular flexibility index (Phi) is 5.92. The van der Waals surface area contributed by atoms with Crippen LogP contribution < -0.4 is 0 Å². The third-order valence-electron chi connectivity index (χ3n) is 3.60. The number of nitrogens with zero attached hydrogens (tertiary/aromatic N) is 2. The third kappa shape index (κ3) is 3.98. The second-order valence-electron chi connectivity index (χ2n) is 5.28. The second kappa shape index (κ2) is 7.53. The van der Waals surface area contributed by atoms with Gasteiger partial charge in [-0.2, -0.15) is 0 Å². The van der Waals surface area contributed by atoms with Crippen LogP contribution >= 0.6 is 23.4 Å². The summed E-state index contributed by atoms with van der Waals surface area (Å²) >= 11 is 7.46. The van der Waals surface area contributed by atoms with E-state index < -0.39 is 17.5 Å². The van der Waals surface area contributed by atoms with Crippen molar-refractivity contribution in [3.8, 4) is 11.1 Å². The maximum atomic E-state index is 14.2. The standard InChI is InChI=1S/C16H16ClF3N2S/c1-4-8(2)5-12-14(15(17)22-16(21-12)23-3)13-10(19)6-9(18)7-11(13)20/h6-8H,4-5H2,1-3H3. The molecule has 2 rings (SSSR count). The molecule has 0 aliphatic carbocycles. The van der Waals surface area contributed by atoms with E-state index in [9.17, 15) is 13.2 Å². The van der Waals surface area contributed by atoms with Crippen LogP contribution in [-0.2, 0) is 6.42 Å². The first kappa shape index (κ1) is 18.1. The van der Waals surface area contributed by atoms with E-state index in [1.54, 1.807) is 6.26 Å². The summed E-state index contributed by atoms with van der Waals surface area (Å²) in [6.07, 6.45) is 3.17. The lowest BCUT2D eigenvalue weighted by molar-refractivity contribution is 0.540. The molecule has 7 heteroatoms. The Labute approximate surface area is 142 Å². The molecular weight excluding hydrogens is 345 g/mol. The number of hydrogen-bond acceptors (Lipinski definition) is 3. The van der Waals surface area contributed by atoms with E-state index in [0.717, 1.165) is 6.42 Å². The number of halogens is 4. The Morgan fingerprint density at radius 1 is 1.13 bits per heavy atom. The number of benzene rings is 1. The fourth-order valence-corrected chi connectivity index (χ4v) is 2.91. The summed E-state index contributed by atoms with van der Waals surface area (Å²) in [5.74, 6) is -2.77. The molecule has 0 radical (unpaired) electrons. The molecule has 0 N–H and O–H groups in total. The summed E-state index contributed by atoms with van der Waals surface area (Å²) in [7, 11) is 0. The van der Waals surface area contributed by atoms with Gasteiger partial charge in [0, 0.05) is 17.7 Å². The van der Waals surface area contributed by atoms with Crippen molar-refractivity contribution in [1.82, 2.24) is 9.97 Å². The molecule has 0 aliphatic rings. The van der Waals surface area contributed by atoms with Gasteiger partial charge in [-0.1, -0.05) is 43.6 Å². The van der Waals surface area contributed by atoms with E-state index in [4.69, 9.17) is 11.6 Å². The summed E-state index contributed by atoms with van der Waals surface area (Å²) < 4.78 is 41.5. The van der Waals surface area contributed by atoms with Gasteiger partial charge in [0.05, 0.1) is 11.3 Å². The molecule has 1 aromatic heterocycles. The van der Waals surface area contributed by atoms with Crippen molar-refractivity contribution in [3.05, 3.63) is 40.4 Å². The van der Waals surface area contributed by atoms with Crippen LogP contribution in [0.4, 0.5) is 13.2 Å². The Balaban J connectivity index is 2.70. The van der Waals surface area contributed by atoms with Crippen molar-refractivity contribution < 1.29 is 13.2 Å². The van der Waals surface area contributed by atoms with Crippen LogP contribution in [0.5, 0.6) is 0 Å². The van der Waals surface area contributed by atoms with Crippen molar-refractivity contribution >= 4 is 23.4 Å². The van der Waals surface area contributed by atoms with Gasteiger partial charge >= 0.3 is 0 Å². The van der Waals surface area contributed by atoms with E-state index in [1.165, 1.54) is 11.8 Å². The highest BCUT2D eigenvalue weighted by Gasteiger charge is 2.23. The first-order valence-electron chi connectivity index (χ1n) is 7.12. The van der Waals surface area contributed by atoms with Crippen molar-refractivity contribution in [3.63, 3.8) is 0 Å². The fourth-order valence-electron chi connectivity index (χ4n) is 2.20. The summed E-state index contributed by atoms with van der Waals surface area (Å²) in [5, 5.41) is 0.395. The van der Waals surface area contributed by atoms with Gasteiger partial charge in [0.1, 0.15) is 22.6 Å². The second-order valence-corrected chi connectivity index (χ2v) is 6.42. The summed E-state index contributed by atoms with van der Waals surface area (Å²) in [5.41, 5.74) is 0.176. The normalized spacial score (nSPS) is 12.5. The van der Waals surface area contributed by atoms with Crippen LogP contribution in [-0.4, -0.2) is 16.2 Å². The lowest BCUT2D eigenvalue weighted by Crippen LogP contribution is -2.07. The van der Waals surface area contributed by atoms with Crippen molar-refractivity contribution in [2.24, 2.45) is 5.92 Å². The maximum Gasteiger partial charge on any atom is 0.188 e. The molecule has 0 bridgehead atoms. The topological polar surface area (TPSA) is 25.8 Å². The minimum atomic E-state index is -1.02. The van der Waals surface area contributed by atoms with Crippen molar-refractivity contribution in [2.45, 2.75) is 31.8 Å². The number of thioether (sulfide) groups is 1. The van der Waals surface area contributed by atoms with Gasteiger partial charge in [-0.05, 0) is 18.6 Å². The molecule has 2 aromatic rings. The number of aromatic nitrogens is 2. The summed E-state index contributed by atoms with van der Waals surface area (Å²) in [4.78, 5) is 8.42. The van der Waals surface area contributed by atoms with Gasteiger partial charge in [0.25, 0.3) is 0 Å². The lowest BCUT2D eigenvalue weighted by atomic mass is 9.96. The van der Waals surface area contributed by atoms with E-state index in [2.05, 4.69) is 9.97 Å². The zero-order valence-corrected chi connectivity index (χ0v) is 14.5. The molecule has 2 nitrogen and oxygen atoms in total. The quantitative estimate of drug-likeness (QED) is 0.398. The number of rotatable bonds is 5. The summed E-state index contributed by atoms with van der Waals surface area (Å²) in [6, 6.07) is 1.26. The van der Waals surface area contributed by atoms with Gasteiger partial charge in [0.15, 0.2) is 5.16 Å². The van der Waals surface area contributed by atoms with Crippen molar-refractivity contribution in [1.29, 1.82) is 0 Å². The molecular formula is C16H16ClF3N2S. The fraction of sp³-hybridized carbons (Fsp3) is 0.375. The van der Waals surface area contributed by atoms with Crippen LogP contribution in [0.25, 0.3) is 11.1 Å². The molecule has 0 saturated carbocycles. The number of hydrogen-bond donors (Lipinski definition) is 0. The Morgan fingerprint density at radius 2 is 1.74 bits per heavy atom. The SMILES string of the molecule is CCC(C)Cc1nc(SC)nc(Cl)c1-c1c(F)cc(F)cc1F. The molecule has 0 saturated heterocycles. The zero-order valence-electron chi connectivity index (χ0n) is 13.0. The minimum Gasteiger partial charge on any atom is -0.227 e. The minimum absolute atomic E-state index is 0.0351. The predicted molar refractivity (Wildman–Crippen MR) is 87.3 cm³/mol. The van der Waals surface area contributed by atoms with Gasteiger partial charge in [0.2, 0.25) is 0 Å². The smallest absolute Gasteiger partial charge is 0.188 e. The molecule has 1 unspecified atom stereocenters. The highest BCUT2D eigenvalue weighted by molar-refractivity contribution is 7.98. The van der Waals surface area contributed by atoms with E-state index >= 15 is 0 Å². The highest BCUT2D eigenvalue weighted by atomic mass is 35.5. The predicted octanol–water partition coefficient (Wildman–Crippen LogP) is 5.52. The largest absolute Gasteiger partial charge is 0.227 e. The third-order valence-corrected chi connectivity index (χ3v) is 4.42. The van der Waals surface area contributed by atoms with E-state index in [0.29, 0.717) is 29.4 Å². The maximum absolute atomic E-state index is 14.2. The van der Waals surface area contributed by atoms with Gasteiger partial charge in [-0.15, -0.1) is 0 Å². The van der Waals surface area contributed by atoms with Crippen LogP contribution in [0.2, 0.25) is 5.15 Å². The summed E-state index contributed by atoms with van der Waals surface area (Å²) in [6.45, 7) is 4.03. The van der Waals surface area contributed by atoms with E-state index in [-0.39, 0.29) is 22.2 Å². The van der Waals surface area contributed by atoms with Crippen LogP contribution in [0.1, 0.15) is 26.0 Å². The van der Waals surface area contributed by atoms with Crippen LogP contribution in [0.15, 0.2) is 17.3 Å². The molecule has 23 heavy (non-hydrogen) atoms. The van der Waals surface area contributed by atoms with Crippen LogP contribution in [0, 0.1) is 23.4 Å². The zero-order chi connectivity index (χ0) is 17.1. The Bertz CT molecular complexity index is 702. The van der Waals surface area contributed by atoms with Gasteiger partial charge in [-0.25, -0.2) is 23.1 Å². The van der Waals surface area contributed by atoms with Crippen LogP contribution in [0.3, 0.4) is 0 Å². The van der Waals surface area contributed by atoms with Gasteiger partial charge < -0.3 is 0 Å². The molecule has 1 aromatic carbocycles. The highest BCUT2D eigenvalue weighted by Crippen LogP contribution is 2.36. The Hall–Kier alpha value is -1.27. The first-order valence-corrected chi connectivity index (χ1v) is 8.72. The molecule has 124 valence electrons. The molecule has 0 fully saturated rings. The molecule has 1 atom stereocenters. The first-order chi connectivity index (χ1) is 10.9. The molecule has 0 amide bonds.